The van der Waals surface area contributed by atoms with Gasteiger partial charge in [0.1, 0.15) is 5.88 Å². The van der Waals surface area contributed by atoms with Crippen molar-refractivity contribution in [1.29, 1.82) is 0 Å². The molecule has 2 rings (SSSR count). The minimum atomic E-state index is 0.198. The van der Waals surface area contributed by atoms with Crippen molar-refractivity contribution in [3.05, 3.63) is 34.7 Å². The monoisotopic (exact) mass is 257 g/mol. The van der Waals surface area contributed by atoms with Crippen LogP contribution in [-0.4, -0.2) is 10.2 Å². The van der Waals surface area contributed by atoms with Crippen molar-refractivity contribution < 1.29 is 4.42 Å². The maximum atomic E-state index is 5.98. The first-order chi connectivity index (χ1) is 7.70. The van der Waals surface area contributed by atoms with Crippen molar-refractivity contribution in [3.63, 3.8) is 0 Å². The quantitative estimate of drug-likeness (QED) is 0.856. The van der Waals surface area contributed by atoms with Gasteiger partial charge < -0.3 is 9.73 Å². The van der Waals surface area contributed by atoms with Crippen LogP contribution in [0.5, 0.6) is 0 Å². The molecule has 84 valence electrons. The Morgan fingerprint density at radius 1 is 1.38 bits per heavy atom. The predicted molar refractivity (Wildman–Crippen MR) is 63.3 cm³/mol. The van der Waals surface area contributed by atoms with Crippen LogP contribution < -0.4 is 5.32 Å². The number of rotatable bonds is 3. The predicted octanol–water partition coefficient (Wildman–Crippen LogP) is 3.51. The number of nitrogens with one attached hydrogen (secondary N) is 1. The second-order valence-corrected chi connectivity index (χ2v) is 3.85. The van der Waals surface area contributed by atoms with E-state index < -0.39 is 0 Å². The first-order valence-corrected chi connectivity index (χ1v) is 5.52. The Labute approximate surface area is 103 Å². The Hall–Kier alpha value is -1.26. The number of benzene rings is 1. The second-order valence-electron chi connectivity index (χ2n) is 3.17. The van der Waals surface area contributed by atoms with Gasteiger partial charge >= 0.3 is 6.01 Å². The average molecular weight is 258 g/mol. The zero-order valence-electron chi connectivity index (χ0n) is 8.50. The van der Waals surface area contributed by atoms with Crippen LogP contribution in [-0.2, 0) is 5.88 Å². The van der Waals surface area contributed by atoms with Crippen molar-refractivity contribution >= 4 is 34.9 Å². The van der Waals surface area contributed by atoms with Crippen molar-refractivity contribution in [2.45, 2.75) is 12.8 Å². The van der Waals surface area contributed by atoms with Crippen LogP contribution in [0.25, 0.3) is 0 Å². The summed E-state index contributed by atoms with van der Waals surface area (Å²) in [6, 6.07) is 5.85. The Balaban J connectivity index is 2.23. The molecule has 1 heterocycles. The molecule has 0 saturated carbocycles. The number of hydrogen-bond acceptors (Lipinski definition) is 4. The molecule has 1 aromatic carbocycles. The summed E-state index contributed by atoms with van der Waals surface area (Å²) in [5.41, 5.74) is 1.76. The molecule has 6 heteroatoms. The largest absolute Gasteiger partial charge is 0.407 e. The van der Waals surface area contributed by atoms with E-state index in [2.05, 4.69) is 15.5 Å². The average Bonchev–Trinajstić information content (AvgIpc) is 2.73. The standard InChI is InChI=1S/C10H9Cl2N3O/c1-6-7(12)3-2-4-8(6)13-10-15-14-9(5-11)16-10/h2-4H,5H2,1H3,(H,13,15). The van der Waals surface area contributed by atoms with Crippen LogP contribution in [0, 0.1) is 6.92 Å². The lowest BCUT2D eigenvalue weighted by atomic mass is 10.2. The first kappa shape index (κ1) is 11.2. The fourth-order valence-electron chi connectivity index (χ4n) is 1.22. The summed E-state index contributed by atoms with van der Waals surface area (Å²) < 4.78 is 5.22. The number of hydrogen-bond donors (Lipinski definition) is 1. The van der Waals surface area contributed by atoms with Gasteiger partial charge in [0.2, 0.25) is 5.89 Å². The highest BCUT2D eigenvalue weighted by atomic mass is 35.5. The van der Waals surface area contributed by atoms with Gasteiger partial charge in [0, 0.05) is 10.7 Å². The van der Waals surface area contributed by atoms with Gasteiger partial charge in [0.05, 0.1) is 0 Å². The van der Waals surface area contributed by atoms with Gasteiger partial charge in [-0.3, -0.25) is 0 Å². The van der Waals surface area contributed by atoms with Gasteiger partial charge in [0.25, 0.3) is 0 Å². The molecular formula is C10H9Cl2N3O. The second kappa shape index (κ2) is 4.72. The third kappa shape index (κ3) is 2.28. The molecule has 0 radical (unpaired) electrons. The fraction of sp³-hybridized carbons (Fsp3) is 0.200. The van der Waals surface area contributed by atoms with Gasteiger partial charge in [0.15, 0.2) is 0 Å². The highest BCUT2D eigenvalue weighted by Crippen LogP contribution is 2.25. The van der Waals surface area contributed by atoms with Crippen LogP contribution in [0.1, 0.15) is 11.5 Å². The van der Waals surface area contributed by atoms with Crippen LogP contribution in [0.3, 0.4) is 0 Å². The summed E-state index contributed by atoms with van der Waals surface area (Å²) in [4.78, 5) is 0. The summed E-state index contributed by atoms with van der Waals surface area (Å²) in [6.07, 6.45) is 0. The molecule has 0 amide bonds. The molecule has 0 aliphatic carbocycles. The highest BCUT2D eigenvalue weighted by Gasteiger charge is 2.07. The third-order valence-corrected chi connectivity index (χ3v) is 2.73. The van der Waals surface area contributed by atoms with Crippen LogP contribution in [0.2, 0.25) is 5.02 Å². The van der Waals surface area contributed by atoms with E-state index in [0.29, 0.717) is 16.9 Å². The zero-order valence-corrected chi connectivity index (χ0v) is 10.0. The Kier molecular flexibility index (Phi) is 3.31. The molecule has 0 aliphatic heterocycles. The van der Waals surface area contributed by atoms with Crippen molar-refractivity contribution in [3.8, 4) is 0 Å². The lowest BCUT2D eigenvalue weighted by Gasteiger charge is -2.06. The minimum absolute atomic E-state index is 0.198. The maximum absolute atomic E-state index is 5.98. The molecule has 0 atom stereocenters. The van der Waals surface area contributed by atoms with Gasteiger partial charge in [-0.05, 0) is 24.6 Å². The van der Waals surface area contributed by atoms with E-state index in [4.69, 9.17) is 27.6 Å². The van der Waals surface area contributed by atoms with E-state index in [1.54, 1.807) is 0 Å². The van der Waals surface area contributed by atoms with Crippen LogP contribution in [0.15, 0.2) is 22.6 Å². The van der Waals surface area contributed by atoms with Gasteiger partial charge in [-0.2, -0.15) is 0 Å². The van der Waals surface area contributed by atoms with Gasteiger partial charge in [-0.15, -0.1) is 16.7 Å². The molecule has 0 aliphatic rings. The van der Waals surface area contributed by atoms with E-state index >= 15 is 0 Å². The summed E-state index contributed by atoms with van der Waals surface area (Å²) in [5, 5.41) is 11.2. The highest BCUT2D eigenvalue weighted by molar-refractivity contribution is 6.31. The summed E-state index contributed by atoms with van der Waals surface area (Å²) in [6.45, 7) is 1.91. The minimum Gasteiger partial charge on any atom is -0.407 e. The van der Waals surface area contributed by atoms with Gasteiger partial charge in [-0.25, -0.2) is 0 Å². The smallest absolute Gasteiger partial charge is 0.320 e. The number of aromatic nitrogens is 2. The first-order valence-electron chi connectivity index (χ1n) is 4.61. The number of anilines is 2. The van der Waals surface area contributed by atoms with Crippen molar-refractivity contribution in [2.75, 3.05) is 5.32 Å². The Bertz CT molecular complexity index is 499. The summed E-state index contributed by atoms with van der Waals surface area (Å²) in [7, 11) is 0. The summed E-state index contributed by atoms with van der Waals surface area (Å²) in [5.74, 6) is 0.576. The normalized spacial score (nSPS) is 10.4. The Morgan fingerprint density at radius 3 is 2.88 bits per heavy atom. The van der Waals surface area contributed by atoms with Crippen molar-refractivity contribution in [2.24, 2.45) is 0 Å². The van der Waals surface area contributed by atoms with E-state index in [-0.39, 0.29) is 5.88 Å². The van der Waals surface area contributed by atoms with E-state index in [9.17, 15) is 0 Å². The third-order valence-electron chi connectivity index (χ3n) is 2.09. The van der Waals surface area contributed by atoms with Crippen LogP contribution >= 0.6 is 23.2 Å². The molecule has 1 N–H and O–H groups in total. The lowest BCUT2D eigenvalue weighted by molar-refractivity contribution is 0.530. The number of halogens is 2. The number of alkyl halides is 1. The molecule has 0 unspecified atom stereocenters. The SMILES string of the molecule is Cc1c(Cl)cccc1Nc1nnc(CCl)o1. The fourth-order valence-corrected chi connectivity index (χ4v) is 1.50. The molecule has 0 saturated heterocycles. The van der Waals surface area contributed by atoms with Crippen LogP contribution in [0.4, 0.5) is 11.7 Å². The maximum Gasteiger partial charge on any atom is 0.320 e. The molecule has 0 spiro atoms. The Morgan fingerprint density at radius 2 is 2.19 bits per heavy atom. The van der Waals surface area contributed by atoms with Crippen molar-refractivity contribution in [1.82, 2.24) is 10.2 Å². The lowest BCUT2D eigenvalue weighted by Crippen LogP contribution is -1.93. The molecule has 2 aromatic rings. The zero-order chi connectivity index (χ0) is 11.5. The molecule has 4 nitrogen and oxygen atoms in total. The van der Waals surface area contributed by atoms with Gasteiger partial charge in [-0.1, -0.05) is 22.8 Å². The topological polar surface area (TPSA) is 51.0 Å². The van der Waals surface area contributed by atoms with E-state index in [0.717, 1.165) is 11.3 Å². The number of nitrogens with zero attached hydrogens (tertiary/aromatic N) is 2. The summed E-state index contributed by atoms with van der Waals surface area (Å²) >= 11 is 11.5. The molecule has 1 aromatic heterocycles. The van der Waals surface area contributed by atoms with E-state index in [1.165, 1.54) is 0 Å². The molecule has 0 fully saturated rings. The molecule has 16 heavy (non-hydrogen) atoms. The molecular weight excluding hydrogens is 249 g/mol. The van der Waals surface area contributed by atoms with E-state index in [1.807, 2.05) is 25.1 Å². The molecule has 0 bridgehead atoms.